The van der Waals surface area contributed by atoms with E-state index in [1.807, 2.05) is 13.8 Å². The largest absolute Gasteiger partial charge is 0.349 e. The molecule has 1 rings (SSSR count). The summed E-state index contributed by atoms with van der Waals surface area (Å²) in [4.78, 5) is 2.40. The fraction of sp³-hybridized carbons (Fsp3) is 1.00. The second-order valence-corrected chi connectivity index (χ2v) is 4.70. The first-order valence-electron chi connectivity index (χ1n) is 6.31. The van der Waals surface area contributed by atoms with Crippen LogP contribution >= 0.6 is 0 Å². The van der Waals surface area contributed by atoms with Gasteiger partial charge in [-0.15, -0.1) is 0 Å². The van der Waals surface area contributed by atoms with Gasteiger partial charge in [0.05, 0.1) is 19.3 Å². The summed E-state index contributed by atoms with van der Waals surface area (Å²) in [5.41, 5.74) is 0. The molecule has 1 fully saturated rings. The maximum absolute atomic E-state index is 5.59. The maximum atomic E-state index is 5.59. The molecule has 1 aliphatic heterocycles. The van der Waals surface area contributed by atoms with Crippen molar-refractivity contribution in [1.82, 2.24) is 10.2 Å². The highest BCUT2D eigenvalue weighted by molar-refractivity contribution is 4.73. The van der Waals surface area contributed by atoms with Crippen LogP contribution in [0.5, 0.6) is 0 Å². The Kier molecular flexibility index (Phi) is 5.69. The van der Waals surface area contributed by atoms with Crippen molar-refractivity contribution in [3.8, 4) is 0 Å². The number of hydrogen-bond donors (Lipinski definition) is 1. The van der Waals surface area contributed by atoms with Gasteiger partial charge in [0.1, 0.15) is 0 Å². The predicted molar refractivity (Wildman–Crippen MR) is 65.6 cm³/mol. The minimum Gasteiger partial charge on any atom is -0.349 e. The summed E-state index contributed by atoms with van der Waals surface area (Å²) in [5, 5.41) is 3.47. The van der Waals surface area contributed by atoms with Gasteiger partial charge in [-0.2, -0.15) is 0 Å². The summed E-state index contributed by atoms with van der Waals surface area (Å²) in [6.07, 6.45) is 0. The van der Waals surface area contributed by atoms with Crippen LogP contribution in [0.1, 0.15) is 27.7 Å². The standard InChI is InChI=1S/C12H26N2O2/c1-5-14(6-2)8-7-13-11-9-15-12(3,4)16-10-11/h11,13H,5-10H2,1-4H3. The average molecular weight is 230 g/mol. The molecular weight excluding hydrogens is 204 g/mol. The number of likely N-dealkylation sites (N-methyl/N-ethyl adjacent to an activating group) is 1. The van der Waals surface area contributed by atoms with E-state index in [0.717, 1.165) is 39.4 Å². The molecule has 0 saturated carbocycles. The number of hydrogen-bond acceptors (Lipinski definition) is 4. The molecule has 0 bridgehead atoms. The third kappa shape index (κ3) is 4.78. The molecule has 1 saturated heterocycles. The highest BCUT2D eigenvalue weighted by Gasteiger charge is 2.27. The second kappa shape index (κ2) is 6.55. The molecule has 1 N–H and O–H groups in total. The lowest BCUT2D eigenvalue weighted by molar-refractivity contribution is -0.252. The number of nitrogens with zero attached hydrogens (tertiary/aromatic N) is 1. The molecule has 0 aliphatic carbocycles. The summed E-state index contributed by atoms with van der Waals surface area (Å²) in [7, 11) is 0. The number of ether oxygens (including phenoxy) is 2. The lowest BCUT2D eigenvalue weighted by atomic mass is 10.2. The molecule has 1 aliphatic rings. The maximum Gasteiger partial charge on any atom is 0.162 e. The van der Waals surface area contributed by atoms with Crippen molar-refractivity contribution in [2.24, 2.45) is 0 Å². The first kappa shape index (κ1) is 13.9. The molecule has 0 aromatic carbocycles. The Bertz CT molecular complexity index is 183. The van der Waals surface area contributed by atoms with Gasteiger partial charge < -0.3 is 19.7 Å². The molecular formula is C12H26N2O2. The van der Waals surface area contributed by atoms with Gasteiger partial charge in [-0.3, -0.25) is 0 Å². The molecule has 16 heavy (non-hydrogen) atoms. The quantitative estimate of drug-likeness (QED) is 0.740. The van der Waals surface area contributed by atoms with E-state index in [0.29, 0.717) is 6.04 Å². The Balaban J connectivity index is 2.10. The van der Waals surface area contributed by atoms with Crippen LogP contribution in [0, 0.1) is 0 Å². The molecule has 4 nitrogen and oxygen atoms in total. The van der Waals surface area contributed by atoms with Crippen molar-refractivity contribution in [2.75, 3.05) is 39.4 Å². The van der Waals surface area contributed by atoms with Gasteiger partial charge in [0.2, 0.25) is 0 Å². The zero-order chi connectivity index (χ0) is 12.0. The lowest BCUT2D eigenvalue weighted by Gasteiger charge is -2.35. The van der Waals surface area contributed by atoms with E-state index in [4.69, 9.17) is 9.47 Å². The van der Waals surface area contributed by atoms with Crippen LogP contribution in [0.15, 0.2) is 0 Å². The van der Waals surface area contributed by atoms with E-state index in [1.165, 1.54) is 0 Å². The average Bonchev–Trinajstić information content (AvgIpc) is 2.26. The zero-order valence-corrected chi connectivity index (χ0v) is 11.1. The summed E-state index contributed by atoms with van der Waals surface area (Å²) in [6, 6.07) is 0.337. The fourth-order valence-corrected chi connectivity index (χ4v) is 1.78. The third-order valence-electron chi connectivity index (χ3n) is 3.02. The van der Waals surface area contributed by atoms with Gasteiger partial charge in [-0.05, 0) is 26.9 Å². The van der Waals surface area contributed by atoms with Gasteiger partial charge in [-0.1, -0.05) is 13.8 Å². The van der Waals surface area contributed by atoms with Gasteiger partial charge in [0, 0.05) is 13.1 Å². The Labute approximate surface area is 99.3 Å². The SMILES string of the molecule is CCN(CC)CCNC1COC(C)(C)OC1. The van der Waals surface area contributed by atoms with Crippen molar-refractivity contribution < 1.29 is 9.47 Å². The smallest absolute Gasteiger partial charge is 0.162 e. The molecule has 0 aromatic heterocycles. The molecule has 0 radical (unpaired) electrons. The predicted octanol–water partition coefficient (Wildman–Crippen LogP) is 1.07. The van der Waals surface area contributed by atoms with Crippen molar-refractivity contribution in [3.63, 3.8) is 0 Å². The number of nitrogens with one attached hydrogen (secondary N) is 1. The van der Waals surface area contributed by atoms with Gasteiger partial charge in [0.25, 0.3) is 0 Å². The highest BCUT2D eigenvalue weighted by atomic mass is 16.7. The van der Waals surface area contributed by atoms with Crippen LogP contribution in [0.3, 0.4) is 0 Å². The van der Waals surface area contributed by atoms with Crippen molar-refractivity contribution in [2.45, 2.75) is 39.5 Å². The number of rotatable bonds is 6. The molecule has 0 unspecified atom stereocenters. The van der Waals surface area contributed by atoms with Crippen LogP contribution in [-0.2, 0) is 9.47 Å². The molecule has 0 spiro atoms. The van der Waals surface area contributed by atoms with Gasteiger partial charge in [-0.25, -0.2) is 0 Å². The normalized spacial score (nSPS) is 21.6. The Morgan fingerprint density at radius 2 is 1.75 bits per heavy atom. The molecule has 0 atom stereocenters. The Morgan fingerprint density at radius 1 is 1.19 bits per heavy atom. The molecule has 96 valence electrons. The van der Waals surface area contributed by atoms with E-state index in [1.54, 1.807) is 0 Å². The summed E-state index contributed by atoms with van der Waals surface area (Å²) in [6.45, 7) is 14.1. The van der Waals surface area contributed by atoms with Gasteiger partial charge >= 0.3 is 0 Å². The van der Waals surface area contributed by atoms with Crippen molar-refractivity contribution in [1.29, 1.82) is 0 Å². The Morgan fingerprint density at radius 3 is 2.25 bits per heavy atom. The van der Waals surface area contributed by atoms with Crippen molar-refractivity contribution >= 4 is 0 Å². The van der Waals surface area contributed by atoms with E-state index in [2.05, 4.69) is 24.1 Å². The zero-order valence-electron chi connectivity index (χ0n) is 11.1. The van der Waals surface area contributed by atoms with Crippen LogP contribution in [0.25, 0.3) is 0 Å². The van der Waals surface area contributed by atoms with E-state index in [9.17, 15) is 0 Å². The Hall–Kier alpha value is -0.160. The minimum atomic E-state index is -0.406. The molecule has 0 amide bonds. The first-order valence-corrected chi connectivity index (χ1v) is 6.31. The molecule has 0 aromatic rings. The molecule has 4 heteroatoms. The first-order chi connectivity index (χ1) is 7.57. The summed E-state index contributed by atoms with van der Waals surface area (Å²) >= 11 is 0. The second-order valence-electron chi connectivity index (χ2n) is 4.70. The van der Waals surface area contributed by atoms with Crippen LogP contribution in [0.2, 0.25) is 0 Å². The highest BCUT2D eigenvalue weighted by Crippen LogP contribution is 2.16. The monoisotopic (exact) mass is 230 g/mol. The minimum absolute atomic E-state index is 0.337. The van der Waals surface area contributed by atoms with Gasteiger partial charge in [0.15, 0.2) is 5.79 Å². The van der Waals surface area contributed by atoms with Crippen LogP contribution in [0.4, 0.5) is 0 Å². The summed E-state index contributed by atoms with van der Waals surface area (Å²) in [5.74, 6) is -0.406. The topological polar surface area (TPSA) is 33.7 Å². The summed E-state index contributed by atoms with van der Waals surface area (Å²) < 4.78 is 11.2. The fourth-order valence-electron chi connectivity index (χ4n) is 1.78. The molecule has 1 heterocycles. The van der Waals surface area contributed by atoms with Crippen LogP contribution < -0.4 is 5.32 Å². The third-order valence-corrected chi connectivity index (χ3v) is 3.02. The van der Waals surface area contributed by atoms with E-state index < -0.39 is 5.79 Å². The lowest BCUT2D eigenvalue weighted by Crippen LogP contribution is -2.50. The van der Waals surface area contributed by atoms with Crippen molar-refractivity contribution in [3.05, 3.63) is 0 Å². The van der Waals surface area contributed by atoms with E-state index >= 15 is 0 Å². The van der Waals surface area contributed by atoms with E-state index in [-0.39, 0.29) is 0 Å². The van der Waals surface area contributed by atoms with Crippen LogP contribution in [-0.4, -0.2) is 56.1 Å².